The SMILES string of the molecule is CCOc1ccc2[nH]c(-c3ccc(N)c(C)c3)nc2n1. The van der Waals surface area contributed by atoms with Crippen LogP contribution < -0.4 is 10.5 Å². The van der Waals surface area contributed by atoms with Gasteiger partial charge in [0.2, 0.25) is 5.88 Å². The van der Waals surface area contributed by atoms with E-state index in [0.717, 1.165) is 28.2 Å². The summed E-state index contributed by atoms with van der Waals surface area (Å²) in [4.78, 5) is 12.1. The van der Waals surface area contributed by atoms with Crippen LogP contribution in [0.1, 0.15) is 12.5 Å². The molecule has 102 valence electrons. The van der Waals surface area contributed by atoms with E-state index in [0.29, 0.717) is 18.1 Å². The van der Waals surface area contributed by atoms with Gasteiger partial charge >= 0.3 is 0 Å². The maximum atomic E-state index is 5.84. The highest BCUT2D eigenvalue weighted by atomic mass is 16.5. The molecule has 0 saturated carbocycles. The molecule has 3 N–H and O–H groups in total. The summed E-state index contributed by atoms with van der Waals surface area (Å²) in [6, 6.07) is 9.60. The van der Waals surface area contributed by atoms with Crippen LogP contribution in [0.15, 0.2) is 30.3 Å². The molecule has 0 fully saturated rings. The summed E-state index contributed by atoms with van der Waals surface area (Å²) < 4.78 is 5.38. The lowest BCUT2D eigenvalue weighted by atomic mass is 10.1. The number of imidazole rings is 1. The molecule has 2 heterocycles. The van der Waals surface area contributed by atoms with Crippen LogP contribution in [0, 0.1) is 6.92 Å². The minimum atomic E-state index is 0.589. The Bertz CT molecular complexity index is 764. The number of fused-ring (bicyclic) bond motifs is 1. The van der Waals surface area contributed by atoms with E-state index in [4.69, 9.17) is 10.5 Å². The predicted molar refractivity (Wildman–Crippen MR) is 79.6 cm³/mol. The molecular weight excluding hydrogens is 252 g/mol. The topological polar surface area (TPSA) is 76.8 Å². The number of H-pyrrole nitrogens is 1. The zero-order valence-corrected chi connectivity index (χ0v) is 11.5. The third-order valence-corrected chi connectivity index (χ3v) is 3.16. The molecule has 20 heavy (non-hydrogen) atoms. The molecule has 0 aliphatic carbocycles. The second kappa shape index (κ2) is 4.85. The summed E-state index contributed by atoms with van der Waals surface area (Å²) >= 11 is 0. The molecular formula is C15H16N4O. The number of nitrogens with two attached hydrogens (primary N) is 1. The number of ether oxygens (including phenoxy) is 1. The van der Waals surface area contributed by atoms with Crippen molar-refractivity contribution in [2.75, 3.05) is 12.3 Å². The summed E-state index contributed by atoms with van der Waals surface area (Å²) in [5.41, 5.74) is 10.2. The van der Waals surface area contributed by atoms with Crippen LogP contribution in [-0.4, -0.2) is 21.6 Å². The normalized spacial score (nSPS) is 10.9. The molecule has 0 unspecified atom stereocenters. The number of anilines is 1. The fourth-order valence-corrected chi connectivity index (χ4v) is 2.06. The zero-order chi connectivity index (χ0) is 14.1. The molecule has 0 aliphatic heterocycles. The lowest BCUT2D eigenvalue weighted by Gasteiger charge is -2.01. The maximum Gasteiger partial charge on any atom is 0.215 e. The van der Waals surface area contributed by atoms with Crippen molar-refractivity contribution in [2.24, 2.45) is 0 Å². The van der Waals surface area contributed by atoms with Gasteiger partial charge in [-0.25, -0.2) is 4.98 Å². The number of pyridine rings is 1. The van der Waals surface area contributed by atoms with E-state index in [1.807, 2.05) is 44.2 Å². The molecule has 0 spiro atoms. The van der Waals surface area contributed by atoms with E-state index in [2.05, 4.69) is 15.0 Å². The molecule has 1 aromatic carbocycles. The van der Waals surface area contributed by atoms with Gasteiger partial charge in [-0.15, -0.1) is 0 Å². The minimum Gasteiger partial charge on any atom is -0.478 e. The number of aromatic nitrogens is 3. The number of aryl methyl sites for hydroxylation is 1. The van der Waals surface area contributed by atoms with Gasteiger partial charge in [-0.05, 0) is 43.7 Å². The van der Waals surface area contributed by atoms with Crippen LogP contribution in [0.3, 0.4) is 0 Å². The monoisotopic (exact) mass is 268 g/mol. The number of benzene rings is 1. The number of hydrogen-bond acceptors (Lipinski definition) is 4. The zero-order valence-electron chi connectivity index (χ0n) is 11.5. The first kappa shape index (κ1) is 12.5. The first-order valence-electron chi connectivity index (χ1n) is 6.53. The van der Waals surface area contributed by atoms with Crippen molar-refractivity contribution in [3.63, 3.8) is 0 Å². The van der Waals surface area contributed by atoms with E-state index >= 15 is 0 Å². The molecule has 5 heteroatoms. The third-order valence-electron chi connectivity index (χ3n) is 3.16. The van der Waals surface area contributed by atoms with E-state index in [-0.39, 0.29) is 0 Å². The number of nitrogens with zero attached hydrogens (tertiary/aromatic N) is 2. The minimum absolute atomic E-state index is 0.589. The first-order valence-corrected chi connectivity index (χ1v) is 6.53. The standard InChI is InChI=1S/C15H16N4O/c1-3-20-13-7-6-12-15(18-13)19-14(17-12)10-4-5-11(16)9(2)8-10/h4-8H,3,16H2,1-2H3,(H,17,18,19). The first-order chi connectivity index (χ1) is 9.67. The summed E-state index contributed by atoms with van der Waals surface area (Å²) in [5.74, 6) is 1.37. The van der Waals surface area contributed by atoms with Crippen molar-refractivity contribution >= 4 is 16.9 Å². The second-order valence-corrected chi connectivity index (χ2v) is 4.61. The van der Waals surface area contributed by atoms with E-state index in [1.54, 1.807) is 0 Å². The summed E-state index contributed by atoms with van der Waals surface area (Å²) in [6.45, 7) is 4.50. The molecule has 3 aromatic rings. The van der Waals surface area contributed by atoms with Gasteiger partial charge in [0.1, 0.15) is 5.82 Å². The molecule has 0 amide bonds. The fraction of sp³-hybridized carbons (Fsp3) is 0.200. The smallest absolute Gasteiger partial charge is 0.215 e. The Kier molecular flexibility index (Phi) is 3.02. The van der Waals surface area contributed by atoms with E-state index in [1.165, 1.54) is 0 Å². The van der Waals surface area contributed by atoms with Crippen LogP contribution in [0.2, 0.25) is 0 Å². The highest BCUT2D eigenvalue weighted by Crippen LogP contribution is 2.24. The van der Waals surface area contributed by atoms with Crippen molar-refractivity contribution < 1.29 is 4.74 Å². The van der Waals surface area contributed by atoms with Crippen molar-refractivity contribution in [1.82, 2.24) is 15.0 Å². The van der Waals surface area contributed by atoms with Gasteiger partial charge < -0.3 is 15.5 Å². The molecule has 0 radical (unpaired) electrons. The summed E-state index contributed by atoms with van der Waals surface area (Å²) in [5, 5.41) is 0. The van der Waals surface area contributed by atoms with E-state index < -0.39 is 0 Å². The van der Waals surface area contributed by atoms with Crippen LogP contribution in [0.5, 0.6) is 5.88 Å². The average Bonchev–Trinajstić information content (AvgIpc) is 2.85. The Hall–Kier alpha value is -2.56. The second-order valence-electron chi connectivity index (χ2n) is 4.61. The van der Waals surface area contributed by atoms with Crippen LogP contribution in [0.4, 0.5) is 5.69 Å². The predicted octanol–water partition coefficient (Wildman–Crippen LogP) is 2.91. The van der Waals surface area contributed by atoms with Crippen LogP contribution >= 0.6 is 0 Å². The number of rotatable bonds is 3. The summed E-state index contributed by atoms with van der Waals surface area (Å²) in [7, 11) is 0. The van der Waals surface area contributed by atoms with Crippen molar-refractivity contribution in [3.8, 4) is 17.3 Å². The number of nitrogen functional groups attached to an aromatic ring is 1. The molecule has 0 aliphatic rings. The lowest BCUT2D eigenvalue weighted by molar-refractivity contribution is 0.328. The molecule has 0 atom stereocenters. The van der Waals surface area contributed by atoms with E-state index in [9.17, 15) is 0 Å². The fourth-order valence-electron chi connectivity index (χ4n) is 2.06. The van der Waals surface area contributed by atoms with Crippen molar-refractivity contribution in [3.05, 3.63) is 35.9 Å². The molecule has 3 rings (SSSR count). The molecule has 5 nitrogen and oxygen atoms in total. The average molecular weight is 268 g/mol. The van der Waals surface area contributed by atoms with Gasteiger partial charge in [0.15, 0.2) is 5.65 Å². The van der Waals surface area contributed by atoms with Gasteiger partial charge in [-0.3, -0.25) is 0 Å². The molecule has 2 aromatic heterocycles. The van der Waals surface area contributed by atoms with Gasteiger partial charge in [-0.1, -0.05) is 0 Å². The molecule has 0 bridgehead atoms. The Labute approximate surface area is 116 Å². The Morgan fingerprint density at radius 1 is 1.20 bits per heavy atom. The quantitative estimate of drug-likeness (QED) is 0.716. The lowest BCUT2D eigenvalue weighted by Crippen LogP contribution is -1.93. The number of nitrogens with one attached hydrogen (secondary N) is 1. The number of hydrogen-bond donors (Lipinski definition) is 2. The Morgan fingerprint density at radius 3 is 2.80 bits per heavy atom. The Morgan fingerprint density at radius 2 is 2.05 bits per heavy atom. The Balaban J connectivity index is 2.05. The molecule has 0 saturated heterocycles. The maximum absolute atomic E-state index is 5.84. The van der Waals surface area contributed by atoms with Crippen LogP contribution in [-0.2, 0) is 0 Å². The highest BCUT2D eigenvalue weighted by Gasteiger charge is 2.08. The van der Waals surface area contributed by atoms with Gasteiger partial charge in [-0.2, -0.15) is 4.98 Å². The van der Waals surface area contributed by atoms with Gasteiger partial charge in [0, 0.05) is 17.3 Å². The largest absolute Gasteiger partial charge is 0.478 e. The third kappa shape index (κ3) is 2.18. The van der Waals surface area contributed by atoms with Gasteiger partial charge in [0.05, 0.1) is 12.1 Å². The summed E-state index contributed by atoms with van der Waals surface area (Å²) in [6.07, 6.45) is 0. The van der Waals surface area contributed by atoms with Crippen molar-refractivity contribution in [2.45, 2.75) is 13.8 Å². The van der Waals surface area contributed by atoms with Gasteiger partial charge in [0.25, 0.3) is 0 Å². The number of aromatic amines is 1. The van der Waals surface area contributed by atoms with Crippen molar-refractivity contribution in [1.29, 1.82) is 0 Å². The highest BCUT2D eigenvalue weighted by molar-refractivity contribution is 5.77. The van der Waals surface area contributed by atoms with Crippen LogP contribution in [0.25, 0.3) is 22.6 Å².